The summed E-state index contributed by atoms with van der Waals surface area (Å²) in [4.78, 5) is 0.199. The van der Waals surface area contributed by atoms with E-state index in [0.717, 1.165) is 19.3 Å². The monoisotopic (exact) mass is 253 g/mol. The van der Waals surface area contributed by atoms with E-state index >= 15 is 0 Å². The molecule has 0 aromatic heterocycles. The quantitative estimate of drug-likeness (QED) is 0.870. The molecule has 1 saturated carbocycles. The van der Waals surface area contributed by atoms with Gasteiger partial charge in [-0.15, -0.1) is 0 Å². The number of hydrogen-bond donors (Lipinski definition) is 1. The fourth-order valence-corrected chi connectivity index (χ4v) is 4.74. The molecule has 5 heteroatoms. The molecule has 17 heavy (non-hydrogen) atoms. The first-order chi connectivity index (χ1) is 8.07. The van der Waals surface area contributed by atoms with E-state index in [9.17, 15) is 13.5 Å². The average Bonchev–Trinajstić information content (AvgIpc) is 2.91. The molecule has 92 valence electrons. The number of fused-ring (bicyclic) bond motifs is 2. The van der Waals surface area contributed by atoms with E-state index in [-0.39, 0.29) is 16.7 Å². The van der Waals surface area contributed by atoms with Crippen LogP contribution in [0, 0.1) is 5.92 Å². The summed E-state index contributed by atoms with van der Waals surface area (Å²) in [5.74, 6) is 0.530. The fraction of sp³-hybridized carbons (Fsp3) is 0.500. The van der Waals surface area contributed by atoms with Crippen LogP contribution in [-0.2, 0) is 10.0 Å². The van der Waals surface area contributed by atoms with Crippen LogP contribution in [0.4, 0.5) is 0 Å². The molecule has 2 atom stereocenters. The topological polar surface area (TPSA) is 57.6 Å². The highest BCUT2D eigenvalue weighted by Gasteiger charge is 2.44. The second-order valence-electron chi connectivity index (χ2n) is 4.90. The Kier molecular flexibility index (Phi) is 2.41. The van der Waals surface area contributed by atoms with Gasteiger partial charge in [-0.25, -0.2) is 8.42 Å². The number of phenols is 1. The SMILES string of the molecule is O=S(=O)(c1cccc(O)c1)N1CC2CCC1C2. The molecular weight excluding hydrogens is 238 g/mol. The van der Waals surface area contributed by atoms with Crippen molar-refractivity contribution in [2.45, 2.75) is 30.2 Å². The maximum Gasteiger partial charge on any atom is 0.243 e. The molecule has 1 aliphatic heterocycles. The summed E-state index contributed by atoms with van der Waals surface area (Å²) in [6, 6.07) is 6.08. The minimum Gasteiger partial charge on any atom is -0.508 e. The molecule has 3 rings (SSSR count). The third-order valence-electron chi connectivity index (χ3n) is 3.78. The number of benzene rings is 1. The predicted octanol–water partition coefficient (Wildman–Crippen LogP) is 1.57. The van der Waals surface area contributed by atoms with E-state index in [1.54, 1.807) is 16.4 Å². The van der Waals surface area contributed by atoms with Crippen LogP contribution in [0.15, 0.2) is 29.2 Å². The van der Waals surface area contributed by atoms with E-state index in [1.807, 2.05) is 0 Å². The first-order valence-corrected chi connectivity index (χ1v) is 7.32. The number of rotatable bonds is 2. The van der Waals surface area contributed by atoms with E-state index in [0.29, 0.717) is 12.5 Å². The lowest BCUT2D eigenvalue weighted by Gasteiger charge is -2.26. The summed E-state index contributed by atoms with van der Waals surface area (Å²) in [7, 11) is -3.42. The largest absolute Gasteiger partial charge is 0.508 e. The van der Waals surface area contributed by atoms with Gasteiger partial charge in [-0.1, -0.05) is 6.07 Å². The van der Waals surface area contributed by atoms with Gasteiger partial charge in [0.25, 0.3) is 0 Å². The van der Waals surface area contributed by atoms with Crippen LogP contribution in [-0.4, -0.2) is 30.4 Å². The fourth-order valence-electron chi connectivity index (χ4n) is 2.95. The lowest BCUT2D eigenvalue weighted by atomic mass is 10.1. The normalized spacial score (nSPS) is 28.7. The number of sulfonamides is 1. The summed E-state index contributed by atoms with van der Waals surface area (Å²) in [5, 5.41) is 9.37. The second-order valence-corrected chi connectivity index (χ2v) is 6.80. The van der Waals surface area contributed by atoms with E-state index in [1.165, 1.54) is 12.1 Å². The van der Waals surface area contributed by atoms with Gasteiger partial charge in [-0.05, 0) is 43.4 Å². The van der Waals surface area contributed by atoms with Crippen molar-refractivity contribution in [1.82, 2.24) is 4.31 Å². The summed E-state index contributed by atoms with van der Waals surface area (Å²) >= 11 is 0. The zero-order chi connectivity index (χ0) is 12.0. The number of nitrogens with zero attached hydrogens (tertiary/aromatic N) is 1. The lowest BCUT2D eigenvalue weighted by molar-refractivity contribution is 0.333. The molecule has 2 unspecified atom stereocenters. The van der Waals surface area contributed by atoms with Gasteiger partial charge in [0.2, 0.25) is 10.0 Å². The van der Waals surface area contributed by atoms with Gasteiger partial charge in [-0.2, -0.15) is 4.31 Å². The Hall–Kier alpha value is -1.07. The molecule has 0 amide bonds. The minimum absolute atomic E-state index is 0.00423. The number of aromatic hydroxyl groups is 1. The number of phenolic OH excluding ortho intramolecular Hbond substituents is 1. The van der Waals surface area contributed by atoms with Crippen LogP contribution >= 0.6 is 0 Å². The van der Waals surface area contributed by atoms with Crippen molar-refractivity contribution in [2.24, 2.45) is 5.92 Å². The highest BCUT2D eigenvalue weighted by Crippen LogP contribution is 2.40. The van der Waals surface area contributed by atoms with E-state index in [4.69, 9.17) is 0 Å². The third kappa shape index (κ3) is 1.73. The van der Waals surface area contributed by atoms with Crippen molar-refractivity contribution in [3.63, 3.8) is 0 Å². The van der Waals surface area contributed by atoms with Crippen LogP contribution < -0.4 is 0 Å². The van der Waals surface area contributed by atoms with Crippen LogP contribution in [0.25, 0.3) is 0 Å². The highest BCUT2D eigenvalue weighted by molar-refractivity contribution is 7.89. The Balaban J connectivity index is 1.96. The first kappa shape index (κ1) is 11.0. The van der Waals surface area contributed by atoms with Crippen LogP contribution in [0.5, 0.6) is 5.75 Å². The third-order valence-corrected chi connectivity index (χ3v) is 5.70. The minimum atomic E-state index is -3.42. The van der Waals surface area contributed by atoms with Gasteiger partial charge >= 0.3 is 0 Å². The molecule has 1 N–H and O–H groups in total. The van der Waals surface area contributed by atoms with Crippen LogP contribution in [0.2, 0.25) is 0 Å². The lowest BCUT2D eigenvalue weighted by Crippen LogP contribution is -2.37. The molecule has 2 bridgehead atoms. The van der Waals surface area contributed by atoms with E-state index < -0.39 is 10.0 Å². The maximum atomic E-state index is 12.4. The predicted molar refractivity (Wildman–Crippen MR) is 63.1 cm³/mol. The molecule has 1 heterocycles. The maximum absolute atomic E-state index is 12.4. The zero-order valence-electron chi connectivity index (χ0n) is 9.41. The summed E-state index contributed by atoms with van der Waals surface area (Å²) < 4.78 is 26.4. The van der Waals surface area contributed by atoms with Crippen LogP contribution in [0.1, 0.15) is 19.3 Å². The van der Waals surface area contributed by atoms with Crippen LogP contribution in [0.3, 0.4) is 0 Å². The Labute approximate surface area is 101 Å². The molecule has 2 aliphatic rings. The van der Waals surface area contributed by atoms with Crippen molar-refractivity contribution in [3.8, 4) is 5.75 Å². The molecule has 2 fully saturated rings. The molecule has 1 aromatic carbocycles. The van der Waals surface area contributed by atoms with Crippen molar-refractivity contribution in [3.05, 3.63) is 24.3 Å². The van der Waals surface area contributed by atoms with Gasteiger partial charge in [0, 0.05) is 12.6 Å². The Morgan fingerprint density at radius 2 is 2.12 bits per heavy atom. The van der Waals surface area contributed by atoms with E-state index in [2.05, 4.69) is 0 Å². The summed E-state index contributed by atoms with van der Waals surface area (Å²) in [6.07, 6.45) is 3.12. The molecular formula is C12H15NO3S. The Morgan fingerprint density at radius 1 is 1.29 bits per heavy atom. The van der Waals surface area contributed by atoms with Crippen molar-refractivity contribution in [1.29, 1.82) is 0 Å². The molecule has 0 radical (unpaired) electrons. The molecule has 1 aliphatic carbocycles. The smallest absolute Gasteiger partial charge is 0.243 e. The van der Waals surface area contributed by atoms with Gasteiger partial charge in [-0.3, -0.25) is 0 Å². The van der Waals surface area contributed by atoms with Gasteiger partial charge in [0.05, 0.1) is 4.90 Å². The Morgan fingerprint density at radius 3 is 2.71 bits per heavy atom. The highest BCUT2D eigenvalue weighted by atomic mass is 32.2. The Bertz CT molecular complexity index is 540. The van der Waals surface area contributed by atoms with Crippen molar-refractivity contribution in [2.75, 3.05) is 6.54 Å². The molecule has 0 spiro atoms. The van der Waals surface area contributed by atoms with Gasteiger partial charge < -0.3 is 5.11 Å². The molecule has 4 nitrogen and oxygen atoms in total. The van der Waals surface area contributed by atoms with Crippen molar-refractivity contribution < 1.29 is 13.5 Å². The van der Waals surface area contributed by atoms with Gasteiger partial charge in [0.1, 0.15) is 5.75 Å². The number of hydrogen-bond acceptors (Lipinski definition) is 3. The number of piperidine rings is 1. The van der Waals surface area contributed by atoms with Gasteiger partial charge in [0.15, 0.2) is 0 Å². The first-order valence-electron chi connectivity index (χ1n) is 5.88. The molecule has 1 saturated heterocycles. The zero-order valence-corrected chi connectivity index (χ0v) is 10.2. The standard InChI is InChI=1S/C12H15NO3S/c14-11-2-1-3-12(7-11)17(15,16)13-8-9-4-5-10(13)6-9/h1-3,7,9-10,14H,4-6,8H2. The summed E-state index contributed by atoms with van der Waals surface area (Å²) in [6.45, 7) is 0.642. The second kappa shape index (κ2) is 3.71. The van der Waals surface area contributed by atoms with Crippen molar-refractivity contribution >= 4 is 10.0 Å². The summed E-state index contributed by atoms with van der Waals surface area (Å²) in [5.41, 5.74) is 0. The average molecular weight is 253 g/mol. The molecule has 1 aromatic rings.